The number of aromatic nitrogens is 4. The predicted molar refractivity (Wildman–Crippen MR) is 126 cm³/mol. The molecule has 0 radical (unpaired) electrons. The number of aliphatic hydroxyl groups is 1. The second-order valence-corrected chi connectivity index (χ2v) is 9.03. The predicted octanol–water partition coefficient (Wildman–Crippen LogP) is 5.07. The summed E-state index contributed by atoms with van der Waals surface area (Å²) in [5.74, 6) is 1.88. The number of rotatable bonds is 5. The molecule has 2 aliphatic carbocycles. The standard InChI is InChI=1S/C26H24N6O/c27-14-16-8-9-28-25(10-16)31-26-13-19(17-4-5-17)11-21(30-26)18-6-7-20-23(12-18)32(15-29-20)22-2-1-3-24(22)33/h6-13,15,17,22,24,33H,1-5H2,(H,28,30,31). The fraction of sp³-hybridized carbons (Fsp3) is 0.308. The molecule has 2 fully saturated rings. The molecule has 164 valence electrons. The lowest BCUT2D eigenvalue weighted by Gasteiger charge is -2.17. The highest BCUT2D eigenvalue weighted by atomic mass is 16.3. The van der Waals surface area contributed by atoms with E-state index in [-0.39, 0.29) is 12.1 Å². The van der Waals surface area contributed by atoms with E-state index in [1.807, 2.05) is 12.4 Å². The van der Waals surface area contributed by atoms with E-state index in [1.165, 1.54) is 18.4 Å². The lowest BCUT2D eigenvalue weighted by Crippen LogP contribution is -2.17. The van der Waals surface area contributed by atoms with Crippen molar-refractivity contribution in [3.63, 3.8) is 0 Å². The summed E-state index contributed by atoms with van der Waals surface area (Å²) in [6.45, 7) is 0. The normalized spacial score (nSPS) is 20.1. The fourth-order valence-electron chi connectivity index (χ4n) is 4.81. The lowest BCUT2D eigenvalue weighted by molar-refractivity contribution is 0.138. The Morgan fingerprint density at radius 3 is 2.70 bits per heavy atom. The van der Waals surface area contributed by atoms with Gasteiger partial charge in [0.25, 0.3) is 0 Å². The minimum atomic E-state index is -0.324. The van der Waals surface area contributed by atoms with Gasteiger partial charge < -0.3 is 15.0 Å². The van der Waals surface area contributed by atoms with Crippen LogP contribution in [0.2, 0.25) is 0 Å². The van der Waals surface area contributed by atoms with Crippen molar-refractivity contribution < 1.29 is 5.11 Å². The van der Waals surface area contributed by atoms with Crippen LogP contribution in [0.1, 0.15) is 55.2 Å². The molecule has 2 unspecified atom stereocenters. The summed E-state index contributed by atoms with van der Waals surface area (Å²) >= 11 is 0. The molecule has 0 aliphatic heterocycles. The Hall–Kier alpha value is -3.76. The van der Waals surface area contributed by atoms with Gasteiger partial charge in [-0.1, -0.05) is 6.07 Å². The fourth-order valence-corrected chi connectivity index (χ4v) is 4.81. The highest BCUT2D eigenvalue weighted by Gasteiger charge is 2.28. The molecule has 2 N–H and O–H groups in total. The van der Waals surface area contributed by atoms with Crippen LogP contribution < -0.4 is 5.32 Å². The summed E-state index contributed by atoms with van der Waals surface area (Å²) in [6.07, 6.45) is 8.37. The Labute approximate surface area is 191 Å². The van der Waals surface area contributed by atoms with Crippen LogP contribution in [0.4, 0.5) is 11.6 Å². The zero-order valence-corrected chi connectivity index (χ0v) is 18.1. The third-order valence-corrected chi connectivity index (χ3v) is 6.71. The molecular weight excluding hydrogens is 412 g/mol. The highest BCUT2D eigenvalue weighted by Crippen LogP contribution is 2.42. The molecule has 6 rings (SSSR count). The minimum Gasteiger partial charge on any atom is -0.391 e. The number of hydrogen-bond donors (Lipinski definition) is 2. The Kier molecular flexibility index (Phi) is 4.81. The first-order valence-corrected chi connectivity index (χ1v) is 11.5. The molecule has 2 aliphatic rings. The molecule has 3 aromatic heterocycles. The summed E-state index contributed by atoms with van der Waals surface area (Å²) in [6, 6.07) is 16.1. The molecule has 7 heteroatoms. The number of pyridine rings is 2. The van der Waals surface area contributed by atoms with Gasteiger partial charge in [-0.05, 0) is 80.0 Å². The Morgan fingerprint density at radius 2 is 1.91 bits per heavy atom. The van der Waals surface area contributed by atoms with Crippen LogP contribution in [0.3, 0.4) is 0 Å². The molecular formula is C26H24N6O. The van der Waals surface area contributed by atoms with Crippen molar-refractivity contribution in [2.45, 2.75) is 50.2 Å². The molecule has 0 amide bonds. The maximum absolute atomic E-state index is 10.4. The smallest absolute Gasteiger partial charge is 0.132 e. The molecule has 0 spiro atoms. The number of nitrogens with one attached hydrogen (secondary N) is 1. The Morgan fingerprint density at radius 1 is 1.00 bits per heavy atom. The van der Waals surface area contributed by atoms with Crippen molar-refractivity contribution in [2.24, 2.45) is 0 Å². The van der Waals surface area contributed by atoms with Crippen molar-refractivity contribution in [3.05, 3.63) is 66.1 Å². The van der Waals surface area contributed by atoms with Crippen molar-refractivity contribution in [1.29, 1.82) is 5.26 Å². The zero-order chi connectivity index (χ0) is 22.4. The maximum Gasteiger partial charge on any atom is 0.132 e. The average Bonchev–Trinajstić information content (AvgIpc) is 3.49. The largest absolute Gasteiger partial charge is 0.391 e. The molecule has 0 bridgehead atoms. The number of nitriles is 1. The monoisotopic (exact) mass is 436 g/mol. The van der Waals surface area contributed by atoms with Crippen LogP contribution in [0.5, 0.6) is 0 Å². The summed E-state index contributed by atoms with van der Waals surface area (Å²) in [5, 5.41) is 22.9. The Balaban J connectivity index is 1.40. The van der Waals surface area contributed by atoms with Gasteiger partial charge in [-0.2, -0.15) is 5.26 Å². The second kappa shape index (κ2) is 7.98. The molecule has 3 heterocycles. The highest BCUT2D eigenvalue weighted by molar-refractivity contribution is 5.82. The van der Waals surface area contributed by atoms with Gasteiger partial charge in [-0.15, -0.1) is 0 Å². The second-order valence-electron chi connectivity index (χ2n) is 9.03. The van der Waals surface area contributed by atoms with Crippen LogP contribution >= 0.6 is 0 Å². The first kappa shape index (κ1) is 19.9. The number of benzene rings is 1. The van der Waals surface area contributed by atoms with E-state index in [9.17, 15) is 10.4 Å². The van der Waals surface area contributed by atoms with E-state index in [1.54, 1.807) is 18.3 Å². The van der Waals surface area contributed by atoms with Gasteiger partial charge in [-0.25, -0.2) is 15.0 Å². The molecule has 33 heavy (non-hydrogen) atoms. The molecule has 2 atom stereocenters. The van der Waals surface area contributed by atoms with Gasteiger partial charge in [-0.3, -0.25) is 0 Å². The average molecular weight is 437 g/mol. The number of fused-ring (bicyclic) bond motifs is 1. The summed E-state index contributed by atoms with van der Waals surface area (Å²) in [7, 11) is 0. The van der Waals surface area contributed by atoms with E-state index in [0.717, 1.165) is 47.4 Å². The summed E-state index contributed by atoms with van der Waals surface area (Å²) in [4.78, 5) is 13.8. The molecule has 0 saturated heterocycles. The zero-order valence-electron chi connectivity index (χ0n) is 18.1. The van der Waals surface area contributed by atoms with Gasteiger partial charge in [0.05, 0.1) is 46.8 Å². The third-order valence-electron chi connectivity index (χ3n) is 6.71. The summed E-state index contributed by atoms with van der Waals surface area (Å²) < 4.78 is 2.12. The molecule has 4 aromatic rings. The van der Waals surface area contributed by atoms with E-state index in [2.05, 4.69) is 50.2 Å². The molecule has 2 saturated carbocycles. The van der Waals surface area contributed by atoms with Crippen LogP contribution in [-0.2, 0) is 0 Å². The lowest BCUT2D eigenvalue weighted by atomic mass is 10.1. The number of imidazole rings is 1. The van der Waals surface area contributed by atoms with Crippen LogP contribution in [0.15, 0.2) is 55.0 Å². The van der Waals surface area contributed by atoms with Crippen molar-refractivity contribution in [3.8, 4) is 17.3 Å². The van der Waals surface area contributed by atoms with Crippen molar-refractivity contribution in [1.82, 2.24) is 19.5 Å². The van der Waals surface area contributed by atoms with Crippen LogP contribution in [-0.4, -0.2) is 30.7 Å². The minimum absolute atomic E-state index is 0.0757. The van der Waals surface area contributed by atoms with E-state index in [0.29, 0.717) is 17.3 Å². The van der Waals surface area contributed by atoms with Crippen molar-refractivity contribution in [2.75, 3.05) is 5.32 Å². The SMILES string of the molecule is N#Cc1ccnc(Nc2cc(C3CC3)cc(-c3ccc4ncn(C5CCCC5O)c4c3)n2)c1. The maximum atomic E-state index is 10.4. The first-order chi connectivity index (χ1) is 16.2. The number of hydrogen-bond acceptors (Lipinski definition) is 6. The van der Waals surface area contributed by atoms with E-state index >= 15 is 0 Å². The molecule has 1 aromatic carbocycles. The topological polar surface area (TPSA) is 99.7 Å². The van der Waals surface area contributed by atoms with E-state index < -0.39 is 0 Å². The molecule has 7 nitrogen and oxygen atoms in total. The van der Waals surface area contributed by atoms with Crippen molar-refractivity contribution >= 4 is 22.7 Å². The van der Waals surface area contributed by atoms with Gasteiger partial charge in [0.15, 0.2) is 0 Å². The number of nitrogens with zero attached hydrogens (tertiary/aromatic N) is 5. The third kappa shape index (κ3) is 3.83. The Bertz CT molecular complexity index is 1380. The van der Waals surface area contributed by atoms with Gasteiger partial charge >= 0.3 is 0 Å². The van der Waals surface area contributed by atoms with Gasteiger partial charge in [0.1, 0.15) is 11.6 Å². The van der Waals surface area contributed by atoms with Crippen LogP contribution in [0, 0.1) is 11.3 Å². The first-order valence-electron chi connectivity index (χ1n) is 11.5. The number of aliphatic hydroxyl groups excluding tert-OH is 1. The van der Waals surface area contributed by atoms with E-state index in [4.69, 9.17) is 4.98 Å². The van der Waals surface area contributed by atoms with Gasteiger partial charge in [0.2, 0.25) is 0 Å². The van der Waals surface area contributed by atoms with Crippen LogP contribution in [0.25, 0.3) is 22.3 Å². The summed E-state index contributed by atoms with van der Waals surface area (Å²) in [5.41, 5.74) is 5.67. The van der Waals surface area contributed by atoms with Gasteiger partial charge in [0, 0.05) is 11.8 Å². The quantitative estimate of drug-likeness (QED) is 0.453. The number of anilines is 2.